The van der Waals surface area contributed by atoms with Crippen LogP contribution in [-0.2, 0) is 9.59 Å². The summed E-state index contributed by atoms with van der Waals surface area (Å²) in [4.78, 5) is 25.5. The predicted molar refractivity (Wildman–Crippen MR) is 84.0 cm³/mol. The first-order valence-electron chi connectivity index (χ1n) is 6.99. The van der Waals surface area contributed by atoms with Gasteiger partial charge in [-0.1, -0.05) is 25.4 Å². The Morgan fingerprint density at radius 3 is 2.86 bits per heavy atom. The number of anilines is 2. The Balaban J connectivity index is 1.96. The zero-order valence-electron chi connectivity index (χ0n) is 12.2. The summed E-state index contributed by atoms with van der Waals surface area (Å²) in [5.74, 6) is 0.525. The summed E-state index contributed by atoms with van der Waals surface area (Å²) in [5, 5.41) is 3.20. The molecule has 0 radical (unpaired) electrons. The van der Waals surface area contributed by atoms with Gasteiger partial charge in [0.2, 0.25) is 11.8 Å². The molecular weight excluding hydrogens is 290 g/mol. The summed E-state index contributed by atoms with van der Waals surface area (Å²) in [7, 11) is 0. The number of likely N-dealkylation sites (tertiary alicyclic amines) is 1. The molecule has 21 heavy (non-hydrogen) atoms. The second-order valence-electron chi connectivity index (χ2n) is 5.76. The zero-order valence-corrected chi connectivity index (χ0v) is 13.0. The first-order valence-corrected chi connectivity index (χ1v) is 7.37. The van der Waals surface area contributed by atoms with Gasteiger partial charge in [-0.2, -0.15) is 0 Å². The highest BCUT2D eigenvalue weighted by Crippen LogP contribution is 2.25. The topological polar surface area (TPSA) is 75.4 Å². The van der Waals surface area contributed by atoms with Crippen LogP contribution in [0.4, 0.5) is 11.4 Å². The van der Waals surface area contributed by atoms with Crippen molar-refractivity contribution in [2.45, 2.75) is 20.3 Å². The minimum absolute atomic E-state index is 0.0305. The molecular formula is C15H20ClN3O2. The van der Waals surface area contributed by atoms with Gasteiger partial charge in [0, 0.05) is 18.0 Å². The standard InChI is InChI=1S/C15H20ClN3O2/c1-9(2)10-5-15(21)19(7-10)8-14(20)18-13-6-11(16)3-4-12(13)17/h3-4,6,9-10H,5,7-8,17H2,1-2H3,(H,18,20). The summed E-state index contributed by atoms with van der Waals surface area (Å²) in [5.41, 5.74) is 6.70. The Kier molecular flexibility index (Phi) is 4.73. The average Bonchev–Trinajstić information content (AvgIpc) is 2.75. The molecule has 0 aliphatic carbocycles. The van der Waals surface area contributed by atoms with E-state index in [1.165, 1.54) is 0 Å². The Morgan fingerprint density at radius 1 is 1.52 bits per heavy atom. The van der Waals surface area contributed by atoms with Crippen LogP contribution in [-0.4, -0.2) is 29.8 Å². The summed E-state index contributed by atoms with van der Waals surface area (Å²) < 4.78 is 0. The molecule has 0 saturated carbocycles. The second-order valence-corrected chi connectivity index (χ2v) is 6.20. The molecule has 1 aromatic rings. The van der Waals surface area contributed by atoms with E-state index in [0.717, 1.165) is 0 Å². The van der Waals surface area contributed by atoms with Crippen LogP contribution < -0.4 is 11.1 Å². The first kappa shape index (κ1) is 15.6. The molecule has 1 heterocycles. The van der Waals surface area contributed by atoms with E-state index < -0.39 is 0 Å². The number of benzene rings is 1. The van der Waals surface area contributed by atoms with Gasteiger partial charge in [0.1, 0.15) is 0 Å². The number of hydrogen-bond donors (Lipinski definition) is 2. The van der Waals surface area contributed by atoms with Crippen molar-refractivity contribution in [3.63, 3.8) is 0 Å². The van der Waals surface area contributed by atoms with Gasteiger partial charge in [0.15, 0.2) is 0 Å². The number of halogens is 1. The summed E-state index contributed by atoms with van der Waals surface area (Å²) in [6, 6.07) is 4.88. The van der Waals surface area contributed by atoms with Crippen LogP contribution in [0.1, 0.15) is 20.3 Å². The number of carbonyl (C=O) groups is 2. The van der Waals surface area contributed by atoms with Gasteiger partial charge < -0.3 is 16.0 Å². The fourth-order valence-corrected chi connectivity index (χ4v) is 2.57. The first-order chi connectivity index (χ1) is 9.86. The molecule has 1 aromatic carbocycles. The summed E-state index contributed by atoms with van der Waals surface area (Å²) in [6.07, 6.45) is 0.518. The van der Waals surface area contributed by atoms with Gasteiger partial charge in [0.25, 0.3) is 0 Å². The molecule has 2 amide bonds. The van der Waals surface area contributed by atoms with Gasteiger partial charge in [-0.15, -0.1) is 0 Å². The minimum Gasteiger partial charge on any atom is -0.397 e. The Labute approximate surface area is 129 Å². The number of hydrogen-bond acceptors (Lipinski definition) is 3. The van der Waals surface area contributed by atoms with Crippen LogP contribution in [0.5, 0.6) is 0 Å². The van der Waals surface area contributed by atoms with E-state index in [0.29, 0.717) is 41.2 Å². The minimum atomic E-state index is -0.262. The van der Waals surface area contributed by atoms with Crippen molar-refractivity contribution in [2.24, 2.45) is 11.8 Å². The molecule has 1 unspecified atom stereocenters. The van der Waals surface area contributed by atoms with Crippen molar-refractivity contribution in [3.8, 4) is 0 Å². The lowest BCUT2D eigenvalue weighted by Gasteiger charge is -2.18. The van der Waals surface area contributed by atoms with Crippen molar-refractivity contribution in [1.82, 2.24) is 4.90 Å². The van der Waals surface area contributed by atoms with E-state index in [2.05, 4.69) is 19.2 Å². The van der Waals surface area contributed by atoms with E-state index >= 15 is 0 Å². The maximum absolute atomic E-state index is 12.1. The molecule has 1 saturated heterocycles. The van der Waals surface area contributed by atoms with Crippen LogP contribution in [0.3, 0.4) is 0 Å². The number of rotatable bonds is 4. The average molecular weight is 310 g/mol. The van der Waals surface area contributed by atoms with Crippen molar-refractivity contribution in [1.29, 1.82) is 0 Å². The van der Waals surface area contributed by atoms with Crippen molar-refractivity contribution >= 4 is 34.8 Å². The fraction of sp³-hybridized carbons (Fsp3) is 0.467. The lowest BCUT2D eigenvalue weighted by molar-refractivity contribution is -0.131. The second kappa shape index (κ2) is 6.35. The van der Waals surface area contributed by atoms with E-state index in [9.17, 15) is 9.59 Å². The molecule has 0 aromatic heterocycles. The van der Waals surface area contributed by atoms with Crippen LogP contribution in [0.15, 0.2) is 18.2 Å². The third-order valence-electron chi connectivity index (χ3n) is 3.81. The molecule has 1 fully saturated rings. The van der Waals surface area contributed by atoms with E-state index in [-0.39, 0.29) is 18.4 Å². The third kappa shape index (κ3) is 3.88. The Hall–Kier alpha value is -1.75. The van der Waals surface area contributed by atoms with Crippen molar-refractivity contribution in [2.75, 3.05) is 24.1 Å². The van der Waals surface area contributed by atoms with E-state index in [1.54, 1.807) is 23.1 Å². The van der Waals surface area contributed by atoms with Crippen LogP contribution in [0, 0.1) is 11.8 Å². The molecule has 5 nitrogen and oxygen atoms in total. The molecule has 2 rings (SSSR count). The number of nitrogen functional groups attached to an aromatic ring is 1. The number of nitrogens with two attached hydrogens (primary N) is 1. The molecule has 6 heteroatoms. The quantitative estimate of drug-likeness (QED) is 0.838. The zero-order chi connectivity index (χ0) is 15.6. The van der Waals surface area contributed by atoms with Crippen LogP contribution in [0.2, 0.25) is 5.02 Å². The molecule has 0 spiro atoms. The molecule has 3 N–H and O–H groups in total. The number of amides is 2. The maximum Gasteiger partial charge on any atom is 0.244 e. The molecule has 0 bridgehead atoms. The van der Waals surface area contributed by atoms with Gasteiger partial charge in [0.05, 0.1) is 17.9 Å². The van der Waals surface area contributed by atoms with E-state index in [1.807, 2.05) is 0 Å². The maximum atomic E-state index is 12.1. The van der Waals surface area contributed by atoms with E-state index in [4.69, 9.17) is 17.3 Å². The molecule has 1 aliphatic heterocycles. The summed E-state index contributed by atoms with van der Waals surface area (Å²) >= 11 is 5.88. The lowest BCUT2D eigenvalue weighted by atomic mass is 9.95. The molecule has 114 valence electrons. The summed E-state index contributed by atoms with van der Waals surface area (Å²) in [6.45, 7) is 4.87. The highest BCUT2D eigenvalue weighted by atomic mass is 35.5. The van der Waals surface area contributed by atoms with Gasteiger partial charge in [-0.05, 0) is 30.0 Å². The van der Waals surface area contributed by atoms with Crippen LogP contribution >= 0.6 is 11.6 Å². The van der Waals surface area contributed by atoms with Gasteiger partial charge >= 0.3 is 0 Å². The smallest absolute Gasteiger partial charge is 0.244 e. The lowest BCUT2D eigenvalue weighted by Crippen LogP contribution is -2.34. The highest BCUT2D eigenvalue weighted by Gasteiger charge is 2.32. The fourth-order valence-electron chi connectivity index (χ4n) is 2.40. The molecule has 1 atom stereocenters. The van der Waals surface area contributed by atoms with Gasteiger partial charge in [-0.3, -0.25) is 9.59 Å². The van der Waals surface area contributed by atoms with Crippen molar-refractivity contribution in [3.05, 3.63) is 23.2 Å². The van der Waals surface area contributed by atoms with Crippen LogP contribution in [0.25, 0.3) is 0 Å². The SMILES string of the molecule is CC(C)C1CC(=O)N(CC(=O)Nc2cc(Cl)ccc2N)C1. The third-order valence-corrected chi connectivity index (χ3v) is 4.05. The highest BCUT2D eigenvalue weighted by molar-refractivity contribution is 6.31. The number of carbonyl (C=O) groups excluding carboxylic acids is 2. The van der Waals surface area contributed by atoms with Gasteiger partial charge in [-0.25, -0.2) is 0 Å². The predicted octanol–water partition coefficient (Wildman–Crippen LogP) is 2.37. The normalized spacial score (nSPS) is 18.4. The van der Waals surface area contributed by atoms with Crippen molar-refractivity contribution < 1.29 is 9.59 Å². The molecule has 1 aliphatic rings. The Bertz CT molecular complexity index is 560. The Morgan fingerprint density at radius 2 is 2.24 bits per heavy atom. The number of nitrogens with zero attached hydrogens (tertiary/aromatic N) is 1. The monoisotopic (exact) mass is 309 g/mol. The largest absolute Gasteiger partial charge is 0.397 e. The number of nitrogens with one attached hydrogen (secondary N) is 1.